The van der Waals surface area contributed by atoms with Gasteiger partial charge in [0.1, 0.15) is 5.82 Å². The van der Waals surface area contributed by atoms with Gasteiger partial charge in [-0.05, 0) is 36.8 Å². The molecule has 0 unspecified atom stereocenters. The fraction of sp³-hybridized carbons (Fsp3) is 0.263. The van der Waals surface area contributed by atoms with Crippen molar-refractivity contribution in [3.8, 4) is 0 Å². The second-order valence-corrected chi connectivity index (χ2v) is 6.13. The Morgan fingerprint density at radius 2 is 1.84 bits per heavy atom. The molecule has 2 aromatic carbocycles. The molecule has 2 atom stereocenters. The Morgan fingerprint density at radius 1 is 1.16 bits per heavy atom. The van der Waals surface area contributed by atoms with Gasteiger partial charge >= 0.3 is 6.03 Å². The molecule has 6 heteroatoms. The Kier molecular flexibility index (Phi) is 4.97. The molecule has 1 aliphatic rings. The minimum absolute atomic E-state index is 0.0898. The van der Waals surface area contributed by atoms with Crippen molar-refractivity contribution in [2.75, 3.05) is 11.4 Å². The molecule has 5 nitrogen and oxygen atoms in total. The summed E-state index contributed by atoms with van der Waals surface area (Å²) in [5.41, 5.74) is 1.64. The molecule has 3 amide bonds. The SMILES string of the molecule is C[C@@H](NC(=O)N[C@@H]1CC(=O)N(c2ccc(F)cc2)C1)c1ccccc1. The van der Waals surface area contributed by atoms with E-state index in [4.69, 9.17) is 0 Å². The number of anilines is 1. The van der Waals surface area contributed by atoms with E-state index in [1.54, 1.807) is 17.0 Å². The zero-order chi connectivity index (χ0) is 17.8. The second kappa shape index (κ2) is 7.34. The van der Waals surface area contributed by atoms with E-state index in [2.05, 4.69) is 10.6 Å². The molecule has 1 heterocycles. The zero-order valence-electron chi connectivity index (χ0n) is 13.9. The summed E-state index contributed by atoms with van der Waals surface area (Å²) in [6.07, 6.45) is 0.227. The number of halogens is 1. The van der Waals surface area contributed by atoms with Crippen molar-refractivity contribution < 1.29 is 14.0 Å². The normalized spacial score (nSPS) is 18.1. The van der Waals surface area contributed by atoms with Crippen molar-refractivity contribution in [2.45, 2.75) is 25.4 Å². The van der Waals surface area contributed by atoms with Crippen molar-refractivity contribution in [1.82, 2.24) is 10.6 Å². The lowest BCUT2D eigenvalue weighted by Crippen LogP contribution is -2.44. The van der Waals surface area contributed by atoms with E-state index in [9.17, 15) is 14.0 Å². The molecular weight excluding hydrogens is 321 g/mol. The summed E-state index contributed by atoms with van der Waals surface area (Å²) in [4.78, 5) is 25.9. The van der Waals surface area contributed by atoms with Crippen molar-refractivity contribution in [3.63, 3.8) is 0 Å². The number of carbonyl (C=O) groups excluding carboxylic acids is 2. The van der Waals surface area contributed by atoms with E-state index in [1.807, 2.05) is 37.3 Å². The number of benzene rings is 2. The van der Waals surface area contributed by atoms with Gasteiger partial charge in [0.25, 0.3) is 0 Å². The Labute approximate surface area is 145 Å². The Hall–Kier alpha value is -2.89. The summed E-state index contributed by atoms with van der Waals surface area (Å²) < 4.78 is 13.0. The van der Waals surface area contributed by atoms with Crippen LogP contribution in [0.1, 0.15) is 24.9 Å². The van der Waals surface area contributed by atoms with Crippen LogP contribution in [0.25, 0.3) is 0 Å². The van der Waals surface area contributed by atoms with Crippen LogP contribution in [0.2, 0.25) is 0 Å². The first-order valence-electron chi connectivity index (χ1n) is 8.21. The first kappa shape index (κ1) is 17.0. The van der Waals surface area contributed by atoms with Crippen LogP contribution in [0.4, 0.5) is 14.9 Å². The third-order valence-corrected chi connectivity index (χ3v) is 4.25. The summed E-state index contributed by atoms with van der Waals surface area (Å²) in [5.74, 6) is -0.438. The lowest BCUT2D eigenvalue weighted by Gasteiger charge is -2.19. The Morgan fingerprint density at radius 3 is 2.52 bits per heavy atom. The summed E-state index contributed by atoms with van der Waals surface area (Å²) in [6.45, 7) is 2.27. The number of nitrogens with one attached hydrogen (secondary N) is 2. The smallest absolute Gasteiger partial charge is 0.315 e. The van der Waals surface area contributed by atoms with Crippen LogP contribution in [0, 0.1) is 5.82 Å². The number of hydrogen-bond acceptors (Lipinski definition) is 2. The molecule has 0 spiro atoms. The van der Waals surface area contributed by atoms with Crippen molar-refractivity contribution in [1.29, 1.82) is 0 Å². The number of rotatable bonds is 4. The molecule has 0 aliphatic carbocycles. The second-order valence-electron chi connectivity index (χ2n) is 6.13. The molecule has 25 heavy (non-hydrogen) atoms. The third kappa shape index (κ3) is 4.15. The highest BCUT2D eigenvalue weighted by Gasteiger charge is 2.31. The molecule has 130 valence electrons. The first-order chi connectivity index (χ1) is 12.0. The number of carbonyl (C=O) groups is 2. The minimum Gasteiger partial charge on any atom is -0.333 e. The van der Waals surface area contributed by atoms with Gasteiger partial charge in [0.15, 0.2) is 0 Å². The van der Waals surface area contributed by atoms with Gasteiger partial charge in [-0.3, -0.25) is 4.79 Å². The van der Waals surface area contributed by atoms with E-state index in [1.165, 1.54) is 12.1 Å². The van der Waals surface area contributed by atoms with Gasteiger partial charge in [-0.15, -0.1) is 0 Å². The van der Waals surface area contributed by atoms with E-state index in [0.717, 1.165) is 5.56 Å². The highest BCUT2D eigenvalue weighted by atomic mass is 19.1. The maximum Gasteiger partial charge on any atom is 0.315 e. The van der Waals surface area contributed by atoms with Gasteiger partial charge in [-0.25, -0.2) is 9.18 Å². The van der Waals surface area contributed by atoms with Crippen LogP contribution >= 0.6 is 0 Å². The largest absolute Gasteiger partial charge is 0.333 e. The van der Waals surface area contributed by atoms with Crippen LogP contribution in [0.3, 0.4) is 0 Å². The predicted octanol–water partition coefficient (Wildman–Crippen LogP) is 2.99. The summed E-state index contributed by atoms with van der Waals surface area (Å²) in [6, 6.07) is 14.7. The quantitative estimate of drug-likeness (QED) is 0.898. The van der Waals surface area contributed by atoms with Crippen molar-refractivity contribution in [2.24, 2.45) is 0 Å². The summed E-state index contributed by atoms with van der Waals surface area (Å²) in [5, 5.41) is 5.70. The summed E-state index contributed by atoms with van der Waals surface area (Å²) >= 11 is 0. The minimum atomic E-state index is -0.348. The van der Waals surface area contributed by atoms with Gasteiger partial charge < -0.3 is 15.5 Å². The molecule has 1 aliphatic heterocycles. The van der Waals surface area contributed by atoms with Crippen LogP contribution < -0.4 is 15.5 Å². The van der Waals surface area contributed by atoms with Crippen molar-refractivity contribution >= 4 is 17.6 Å². The maximum atomic E-state index is 13.0. The van der Waals surface area contributed by atoms with Gasteiger partial charge in [0, 0.05) is 18.7 Å². The van der Waals surface area contributed by atoms with Crippen molar-refractivity contribution in [3.05, 3.63) is 66.0 Å². The summed E-state index contributed by atoms with van der Waals surface area (Å²) in [7, 11) is 0. The van der Waals surface area contributed by atoms with Gasteiger partial charge in [-0.1, -0.05) is 30.3 Å². The zero-order valence-corrected chi connectivity index (χ0v) is 13.9. The molecule has 0 saturated carbocycles. The fourth-order valence-electron chi connectivity index (χ4n) is 2.92. The number of amides is 3. The lowest BCUT2D eigenvalue weighted by atomic mass is 10.1. The van der Waals surface area contributed by atoms with Gasteiger partial charge in [-0.2, -0.15) is 0 Å². The predicted molar refractivity (Wildman–Crippen MR) is 93.7 cm³/mol. The molecule has 0 aromatic heterocycles. The van der Waals surface area contributed by atoms with Crippen LogP contribution in [0.15, 0.2) is 54.6 Å². The number of hydrogen-bond donors (Lipinski definition) is 2. The number of nitrogens with zero attached hydrogens (tertiary/aromatic N) is 1. The Balaban J connectivity index is 1.56. The lowest BCUT2D eigenvalue weighted by molar-refractivity contribution is -0.117. The topological polar surface area (TPSA) is 61.4 Å². The molecule has 0 radical (unpaired) electrons. The van der Waals surface area contributed by atoms with Crippen LogP contribution in [-0.2, 0) is 4.79 Å². The molecule has 2 N–H and O–H groups in total. The average Bonchev–Trinajstić information content (AvgIpc) is 2.96. The fourth-order valence-corrected chi connectivity index (χ4v) is 2.92. The number of urea groups is 1. The highest BCUT2D eigenvalue weighted by Crippen LogP contribution is 2.22. The maximum absolute atomic E-state index is 13.0. The Bertz CT molecular complexity index is 749. The van der Waals surface area contributed by atoms with Gasteiger partial charge in [0.2, 0.25) is 5.91 Å². The molecule has 1 fully saturated rings. The van der Waals surface area contributed by atoms with E-state index < -0.39 is 0 Å². The van der Waals surface area contributed by atoms with Crippen LogP contribution in [0.5, 0.6) is 0 Å². The average molecular weight is 341 g/mol. The molecule has 1 saturated heterocycles. The first-order valence-corrected chi connectivity index (χ1v) is 8.21. The van der Waals surface area contributed by atoms with E-state index >= 15 is 0 Å². The molecule has 3 rings (SSSR count). The third-order valence-electron chi connectivity index (χ3n) is 4.25. The van der Waals surface area contributed by atoms with Crippen LogP contribution in [-0.4, -0.2) is 24.5 Å². The molecule has 0 bridgehead atoms. The highest BCUT2D eigenvalue weighted by molar-refractivity contribution is 5.96. The molecular formula is C19H20FN3O2. The van der Waals surface area contributed by atoms with Gasteiger partial charge in [0.05, 0.1) is 12.1 Å². The monoisotopic (exact) mass is 341 g/mol. The molecule has 2 aromatic rings. The van der Waals surface area contributed by atoms with E-state index in [0.29, 0.717) is 12.2 Å². The standard InChI is InChI=1S/C19H20FN3O2/c1-13(14-5-3-2-4-6-14)21-19(25)22-16-11-18(24)23(12-16)17-9-7-15(20)8-10-17/h2-10,13,16H,11-12H2,1H3,(H2,21,22,25)/t13-,16-/m1/s1. The van der Waals surface area contributed by atoms with E-state index in [-0.39, 0.29) is 36.3 Å².